The summed E-state index contributed by atoms with van der Waals surface area (Å²) in [5, 5.41) is 2.87. The van der Waals surface area contributed by atoms with Crippen LogP contribution in [0.2, 0.25) is 0 Å². The number of benzene rings is 3. The summed E-state index contributed by atoms with van der Waals surface area (Å²) in [5.41, 5.74) is 11.0. The lowest BCUT2D eigenvalue weighted by Crippen LogP contribution is -2.40. The van der Waals surface area contributed by atoms with Gasteiger partial charge in [-0.1, -0.05) is 45.0 Å². The molecule has 0 heterocycles. The fourth-order valence-electron chi connectivity index (χ4n) is 4.42. The fraction of sp³-hybridized carbons (Fsp3) is 0.412. The van der Waals surface area contributed by atoms with Gasteiger partial charge in [-0.15, -0.1) is 0 Å². The van der Waals surface area contributed by atoms with Gasteiger partial charge in [-0.2, -0.15) is 0 Å². The van der Waals surface area contributed by atoms with Crippen LogP contribution in [0.3, 0.4) is 0 Å². The largest absolute Gasteiger partial charge is 0.375 e. The van der Waals surface area contributed by atoms with Gasteiger partial charge >= 0.3 is 0 Å². The molecule has 0 aliphatic carbocycles. The molecular weight excluding hydrogens is 536 g/mol. The predicted octanol–water partition coefficient (Wildman–Crippen LogP) is 6.37. The lowest BCUT2D eigenvalue weighted by molar-refractivity contribution is 0.0755. The van der Waals surface area contributed by atoms with Crippen molar-refractivity contribution in [3.63, 3.8) is 0 Å². The van der Waals surface area contributed by atoms with Gasteiger partial charge in [-0.05, 0) is 85.7 Å². The Kier molecular flexibility index (Phi) is 14.8. The quantitative estimate of drug-likeness (QED) is 0.246. The molecule has 42 heavy (non-hydrogen) atoms. The second kappa shape index (κ2) is 18.0. The number of carbonyl (C=O) groups excluding carboxylic acids is 2. The van der Waals surface area contributed by atoms with Gasteiger partial charge in [-0.3, -0.25) is 9.59 Å². The molecule has 1 atom stereocenters. The smallest absolute Gasteiger partial charge is 0.253 e. The Hall–Kier alpha value is -3.62. The van der Waals surface area contributed by atoms with Gasteiger partial charge in [0.15, 0.2) is 0 Å². The SMILES string of the molecule is CCCN(CCC)C(=O)c1cc(C)cc(C(=O)NCC(N)COCc2cccc(CC)c2)c1.Cc1cc(F)cc(F)c1. The molecule has 3 aromatic carbocycles. The van der Waals surface area contributed by atoms with Crippen molar-refractivity contribution < 1.29 is 23.1 Å². The van der Waals surface area contributed by atoms with Gasteiger partial charge in [0.2, 0.25) is 0 Å². The van der Waals surface area contributed by atoms with Crippen LogP contribution in [0, 0.1) is 25.5 Å². The number of ether oxygens (including phenoxy) is 1. The molecule has 0 bridgehead atoms. The number of rotatable bonds is 13. The van der Waals surface area contributed by atoms with Gasteiger partial charge in [0.1, 0.15) is 11.6 Å². The number of aryl methyl sites for hydroxylation is 3. The van der Waals surface area contributed by atoms with Crippen LogP contribution in [0.5, 0.6) is 0 Å². The molecule has 228 valence electrons. The van der Waals surface area contributed by atoms with E-state index < -0.39 is 11.6 Å². The third-order valence-electron chi connectivity index (χ3n) is 6.39. The van der Waals surface area contributed by atoms with E-state index in [1.807, 2.05) is 30.0 Å². The fourth-order valence-corrected chi connectivity index (χ4v) is 4.42. The van der Waals surface area contributed by atoms with E-state index in [1.54, 1.807) is 19.1 Å². The molecule has 3 rings (SSSR count). The molecule has 0 aromatic heterocycles. The Morgan fingerprint density at radius 3 is 2.05 bits per heavy atom. The molecule has 3 aromatic rings. The Balaban J connectivity index is 0.000000581. The van der Waals surface area contributed by atoms with Crippen LogP contribution in [-0.2, 0) is 17.8 Å². The minimum Gasteiger partial charge on any atom is -0.375 e. The molecule has 0 saturated heterocycles. The van der Waals surface area contributed by atoms with Crippen LogP contribution < -0.4 is 11.1 Å². The first kappa shape index (κ1) is 34.6. The highest BCUT2D eigenvalue weighted by molar-refractivity contribution is 6.00. The number of nitrogens with one attached hydrogen (secondary N) is 1. The van der Waals surface area contributed by atoms with Crippen molar-refractivity contribution in [2.24, 2.45) is 5.73 Å². The van der Waals surface area contributed by atoms with Crippen LogP contribution in [-0.4, -0.2) is 49.0 Å². The highest BCUT2D eigenvalue weighted by atomic mass is 19.1. The highest BCUT2D eigenvalue weighted by Gasteiger charge is 2.17. The highest BCUT2D eigenvalue weighted by Crippen LogP contribution is 2.14. The lowest BCUT2D eigenvalue weighted by atomic mass is 10.0. The zero-order valence-corrected chi connectivity index (χ0v) is 25.5. The van der Waals surface area contributed by atoms with Crippen LogP contribution in [0.15, 0.2) is 60.7 Å². The van der Waals surface area contributed by atoms with Crippen molar-refractivity contribution >= 4 is 11.8 Å². The van der Waals surface area contributed by atoms with E-state index in [0.717, 1.165) is 36.5 Å². The number of hydrogen-bond acceptors (Lipinski definition) is 4. The topological polar surface area (TPSA) is 84.7 Å². The molecule has 1 unspecified atom stereocenters. The first-order valence-corrected chi connectivity index (χ1v) is 14.6. The summed E-state index contributed by atoms with van der Waals surface area (Å²) < 4.78 is 30.1. The van der Waals surface area contributed by atoms with Crippen LogP contribution in [0.4, 0.5) is 8.78 Å². The normalized spacial score (nSPS) is 11.3. The van der Waals surface area contributed by atoms with Gasteiger partial charge in [0.05, 0.1) is 13.2 Å². The van der Waals surface area contributed by atoms with Crippen molar-refractivity contribution in [2.45, 2.75) is 66.5 Å². The number of hydrogen-bond donors (Lipinski definition) is 2. The standard InChI is InChI=1S/C27H39N3O3.C7H6F2/c1-5-11-30(12-6-2)27(32)24-14-20(4)13-23(16-24)26(31)29-17-25(28)19-33-18-22-10-8-9-21(7-3)15-22;1-5-2-6(8)4-7(9)3-5/h8-10,13-16,25H,5-7,11-12,17-19,28H2,1-4H3,(H,29,31);2-4H,1H3. The Labute approximate surface area is 249 Å². The molecule has 0 spiro atoms. The van der Waals surface area contributed by atoms with Gasteiger partial charge in [-0.25, -0.2) is 8.78 Å². The average molecular weight is 582 g/mol. The first-order valence-electron chi connectivity index (χ1n) is 14.6. The van der Waals surface area contributed by atoms with Crippen molar-refractivity contribution in [2.75, 3.05) is 26.2 Å². The summed E-state index contributed by atoms with van der Waals surface area (Å²) in [6.45, 7) is 12.3. The van der Waals surface area contributed by atoms with Crippen molar-refractivity contribution in [3.05, 3.63) is 106 Å². The molecule has 0 radical (unpaired) electrons. The summed E-state index contributed by atoms with van der Waals surface area (Å²) in [4.78, 5) is 27.5. The number of amides is 2. The molecule has 0 aliphatic heterocycles. The molecule has 0 aliphatic rings. The van der Waals surface area contributed by atoms with Gasteiger partial charge < -0.3 is 20.7 Å². The first-order chi connectivity index (χ1) is 20.1. The zero-order valence-electron chi connectivity index (χ0n) is 25.5. The Morgan fingerprint density at radius 1 is 0.857 bits per heavy atom. The number of carbonyl (C=O) groups is 2. The minimum absolute atomic E-state index is 0.0336. The predicted molar refractivity (Wildman–Crippen MR) is 165 cm³/mol. The average Bonchev–Trinajstić information content (AvgIpc) is 2.94. The third kappa shape index (κ3) is 12.1. The van der Waals surface area contributed by atoms with Gasteiger partial charge in [0.25, 0.3) is 11.8 Å². The summed E-state index contributed by atoms with van der Waals surface area (Å²) in [6, 6.07) is 16.7. The van der Waals surface area contributed by atoms with E-state index in [9.17, 15) is 18.4 Å². The number of nitrogens with two attached hydrogens (primary N) is 1. The van der Waals surface area contributed by atoms with Crippen molar-refractivity contribution in [1.29, 1.82) is 0 Å². The van der Waals surface area contributed by atoms with E-state index in [4.69, 9.17) is 10.5 Å². The third-order valence-corrected chi connectivity index (χ3v) is 6.39. The molecular formula is C34H45F2N3O3. The Morgan fingerprint density at radius 2 is 1.45 bits per heavy atom. The van der Waals surface area contributed by atoms with Gasteiger partial charge in [0, 0.05) is 42.9 Å². The van der Waals surface area contributed by atoms with E-state index >= 15 is 0 Å². The van der Waals surface area contributed by atoms with Crippen LogP contribution in [0.1, 0.15) is 76.6 Å². The Bertz CT molecular complexity index is 1240. The number of nitrogens with zero attached hydrogens (tertiary/aromatic N) is 1. The van der Waals surface area contributed by atoms with E-state index in [1.165, 1.54) is 17.7 Å². The van der Waals surface area contributed by atoms with E-state index in [-0.39, 0.29) is 17.9 Å². The summed E-state index contributed by atoms with van der Waals surface area (Å²) in [6.07, 6.45) is 2.78. The zero-order chi connectivity index (χ0) is 31.1. The maximum Gasteiger partial charge on any atom is 0.253 e. The minimum atomic E-state index is -0.521. The molecule has 6 nitrogen and oxygen atoms in total. The maximum atomic E-state index is 13.0. The molecule has 2 amide bonds. The molecule has 3 N–H and O–H groups in total. The lowest BCUT2D eigenvalue weighted by Gasteiger charge is -2.22. The molecule has 0 fully saturated rings. The van der Waals surface area contributed by atoms with E-state index in [2.05, 4.69) is 38.2 Å². The summed E-state index contributed by atoms with van der Waals surface area (Å²) >= 11 is 0. The summed E-state index contributed by atoms with van der Waals surface area (Å²) in [7, 11) is 0. The maximum absolute atomic E-state index is 13.0. The number of halogens is 2. The van der Waals surface area contributed by atoms with Crippen molar-refractivity contribution in [3.8, 4) is 0 Å². The monoisotopic (exact) mass is 581 g/mol. The summed E-state index contributed by atoms with van der Waals surface area (Å²) in [5.74, 6) is -1.31. The van der Waals surface area contributed by atoms with Crippen molar-refractivity contribution in [1.82, 2.24) is 10.2 Å². The second-order valence-electron chi connectivity index (χ2n) is 10.5. The molecule has 8 heteroatoms. The molecule has 0 saturated carbocycles. The van der Waals surface area contributed by atoms with Crippen LogP contribution >= 0.6 is 0 Å². The second-order valence-corrected chi connectivity index (χ2v) is 10.5. The van der Waals surface area contributed by atoms with Crippen LogP contribution in [0.25, 0.3) is 0 Å². The van der Waals surface area contributed by atoms with E-state index in [0.29, 0.717) is 49.5 Å².